The van der Waals surface area contributed by atoms with E-state index in [2.05, 4.69) is 47.9 Å². The van der Waals surface area contributed by atoms with Crippen molar-refractivity contribution in [2.45, 2.75) is 20.3 Å². The molecule has 3 aromatic rings. The SMILES string of the molecule is CCCNC(=O)C(=O)Nn1c(C(=O)Nc2ccc(Br)c(C)c2)cc2cc(Br)ccc21. The van der Waals surface area contributed by atoms with Crippen LogP contribution in [0.25, 0.3) is 10.9 Å². The summed E-state index contributed by atoms with van der Waals surface area (Å²) in [6.07, 6.45) is 0.708. The van der Waals surface area contributed by atoms with Gasteiger partial charge >= 0.3 is 11.8 Å². The van der Waals surface area contributed by atoms with Gasteiger partial charge in [-0.3, -0.25) is 19.8 Å². The van der Waals surface area contributed by atoms with Gasteiger partial charge in [0.05, 0.1) is 5.52 Å². The second-order valence-corrected chi connectivity index (χ2v) is 8.45. The molecular formula is C21H20Br2N4O3. The van der Waals surface area contributed by atoms with Gasteiger partial charge in [0.25, 0.3) is 5.91 Å². The van der Waals surface area contributed by atoms with Crippen molar-refractivity contribution in [2.24, 2.45) is 0 Å². The van der Waals surface area contributed by atoms with Crippen molar-refractivity contribution >= 4 is 66.2 Å². The summed E-state index contributed by atoms with van der Waals surface area (Å²) in [4.78, 5) is 37.4. The van der Waals surface area contributed by atoms with Crippen LogP contribution < -0.4 is 16.1 Å². The third-order valence-corrected chi connectivity index (χ3v) is 5.75. The number of hydrogen-bond donors (Lipinski definition) is 3. The molecule has 0 bridgehead atoms. The summed E-state index contributed by atoms with van der Waals surface area (Å²) in [6.45, 7) is 4.20. The van der Waals surface area contributed by atoms with Crippen LogP contribution in [0.15, 0.2) is 51.4 Å². The van der Waals surface area contributed by atoms with Crippen molar-refractivity contribution in [3.63, 3.8) is 0 Å². The number of nitrogens with zero attached hydrogens (tertiary/aromatic N) is 1. The molecule has 7 nitrogen and oxygen atoms in total. The van der Waals surface area contributed by atoms with Crippen LogP contribution in [0, 0.1) is 6.92 Å². The second-order valence-electron chi connectivity index (χ2n) is 6.68. The van der Waals surface area contributed by atoms with Crippen LogP contribution >= 0.6 is 31.9 Å². The van der Waals surface area contributed by atoms with Crippen LogP contribution in [-0.2, 0) is 9.59 Å². The summed E-state index contributed by atoms with van der Waals surface area (Å²) in [7, 11) is 0. The van der Waals surface area contributed by atoms with Gasteiger partial charge in [-0.05, 0) is 61.4 Å². The summed E-state index contributed by atoms with van der Waals surface area (Å²) in [5.41, 5.74) is 4.90. The average Bonchev–Trinajstić information content (AvgIpc) is 3.06. The zero-order valence-electron chi connectivity index (χ0n) is 16.4. The molecule has 0 aliphatic rings. The molecule has 0 aliphatic carbocycles. The molecule has 0 aliphatic heterocycles. The average molecular weight is 536 g/mol. The van der Waals surface area contributed by atoms with Gasteiger partial charge in [-0.25, -0.2) is 4.68 Å². The van der Waals surface area contributed by atoms with Gasteiger partial charge in [0.15, 0.2) is 0 Å². The van der Waals surface area contributed by atoms with E-state index in [1.807, 2.05) is 32.0 Å². The maximum Gasteiger partial charge on any atom is 0.328 e. The van der Waals surface area contributed by atoms with E-state index in [9.17, 15) is 14.4 Å². The van der Waals surface area contributed by atoms with Crippen molar-refractivity contribution < 1.29 is 14.4 Å². The van der Waals surface area contributed by atoms with E-state index in [0.717, 1.165) is 19.9 Å². The predicted molar refractivity (Wildman–Crippen MR) is 124 cm³/mol. The second kappa shape index (κ2) is 9.44. The van der Waals surface area contributed by atoms with Gasteiger partial charge in [0.2, 0.25) is 0 Å². The summed E-state index contributed by atoms with van der Waals surface area (Å²) in [5, 5.41) is 6.09. The largest absolute Gasteiger partial charge is 0.348 e. The topological polar surface area (TPSA) is 92.2 Å². The highest BCUT2D eigenvalue weighted by atomic mass is 79.9. The highest BCUT2D eigenvalue weighted by Crippen LogP contribution is 2.25. The molecule has 0 saturated heterocycles. The molecule has 0 radical (unpaired) electrons. The number of aryl methyl sites for hydroxylation is 1. The third kappa shape index (κ3) is 4.91. The molecule has 0 spiro atoms. The maximum atomic E-state index is 13.0. The molecule has 0 unspecified atom stereocenters. The number of fused-ring (bicyclic) bond motifs is 1. The molecule has 0 atom stereocenters. The fraction of sp³-hybridized carbons (Fsp3) is 0.190. The number of hydrogen-bond acceptors (Lipinski definition) is 3. The van der Waals surface area contributed by atoms with Gasteiger partial charge in [-0.1, -0.05) is 38.8 Å². The molecule has 3 rings (SSSR count). The van der Waals surface area contributed by atoms with Crippen molar-refractivity contribution in [1.29, 1.82) is 0 Å². The molecule has 3 N–H and O–H groups in total. The van der Waals surface area contributed by atoms with E-state index >= 15 is 0 Å². The van der Waals surface area contributed by atoms with E-state index < -0.39 is 17.7 Å². The Morgan fingerprint density at radius 3 is 2.47 bits per heavy atom. The lowest BCUT2D eigenvalue weighted by atomic mass is 10.2. The summed E-state index contributed by atoms with van der Waals surface area (Å²) < 4.78 is 3.09. The first-order valence-electron chi connectivity index (χ1n) is 9.28. The van der Waals surface area contributed by atoms with E-state index in [1.54, 1.807) is 24.3 Å². The van der Waals surface area contributed by atoms with Crippen LogP contribution in [0.4, 0.5) is 5.69 Å². The lowest BCUT2D eigenvalue weighted by Crippen LogP contribution is -2.40. The molecular weight excluding hydrogens is 516 g/mol. The summed E-state index contributed by atoms with van der Waals surface area (Å²) in [6, 6.07) is 12.5. The number of amides is 3. The lowest BCUT2D eigenvalue weighted by Gasteiger charge is -2.13. The van der Waals surface area contributed by atoms with Crippen LogP contribution in [0.1, 0.15) is 29.4 Å². The minimum Gasteiger partial charge on any atom is -0.348 e. The smallest absolute Gasteiger partial charge is 0.328 e. The van der Waals surface area contributed by atoms with E-state index in [-0.39, 0.29) is 5.69 Å². The molecule has 0 fully saturated rings. The number of anilines is 1. The Balaban J connectivity index is 1.95. The van der Waals surface area contributed by atoms with Crippen molar-refractivity contribution in [2.75, 3.05) is 17.3 Å². The Kier molecular flexibility index (Phi) is 6.94. The van der Waals surface area contributed by atoms with Gasteiger partial charge in [0.1, 0.15) is 5.69 Å². The zero-order valence-corrected chi connectivity index (χ0v) is 19.6. The quantitative estimate of drug-likeness (QED) is 0.425. The monoisotopic (exact) mass is 534 g/mol. The normalized spacial score (nSPS) is 10.7. The Morgan fingerprint density at radius 1 is 1.00 bits per heavy atom. The number of carbonyl (C=O) groups excluding carboxylic acids is 3. The van der Waals surface area contributed by atoms with Crippen LogP contribution in [0.5, 0.6) is 0 Å². The molecule has 1 aromatic heterocycles. The number of halogens is 2. The molecule has 2 aromatic carbocycles. The standard InChI is InChI=1S/C21H20Br2N4O3/c1-3-8-24-20(29)21(30)26-27-17-7-4-14(22)10-13(17)11-18(27)19(28)25-15-5-6-16(23)12(2)9-15/h4-7,9-11H,3,8H2,1-2H3,(H,24,29)(H,25,28)(H,26,30). The summed E-state index contributed by atoms with van der Waals surface area (Å²) in [5.74, 6) is -2.03. The van der Waals surface area contributed by atoms with E-state index in [0.29, 0.717) is 24.2 Å². The Morgan fingerprint density at radius 2 is 1.77 bits per heavy atom. The summed E-state index contributed by atoms with van der Waals surface area (Å²) >= 11 is 6.84. The van der Waals surface area contributed by atoms with Gasteiger partial charge in [0, 0.05) is 26.6 Å². The minimum atomic E-state index is -0.850. The minimum absolute atomic E-state index is 0.195. The van der Waals surface area contributed by atoms with Crippen molar-refractivity contribution in [1.82, 2.24) is 9.99 Å². The number of nitrogens with one attached hydrogen (secondary N) is 3. The first-order valence-corrected chi connectivity index (χ1v) is 10.9. The molecule has 9 heteroatoms. The van der Waals surface area contributed by atoms with Gasteiger partial charge in [-0.15, -0.1) is 0 Å². The number of aromatic nitrogens is 1. The van der Waals surface area contributed by atoms with Gasteiger partial charge in [-0.2, -0.15) is 0 Å². The molecule has 1 heterocycles. The third-order valence-electron chi connectivity index (χ3n) is 4.37. The number of rotatable bonds is 5. The number of benzene rings is 2. The first kappa shape index (κ1) is 22.0. The molecule has 0 saturated carbocycles. The Bertz CT molecular complexity index is 1140. The highest BCUT2D eigenvalue weighted by molar-refractivity contribution is 9.10. The molecule has 156 valence electrons. The first-order chi connectivity index (χ1) is 14.3. The van der Waals surface area contributed by atoms with Gasteiger partial charge < -0.3 is 10.6 Å². The Labute approximate surface area is 190 Å². The molecule has 30 heavy (non-hydrogen) atoms. The van der Waals surface area contributed by atoms with Crippen LogP contribution in [-0.4, -0.2) is 28.9 Å². The van der Waals surface area contributed by atoms with Crippen molar-refractivity contribution in [3.8, 4) is 0 Å². The fourth-order valence-corrected chi connectivity index (χ4v) is 3.49. The molecule has 3 amide bonds. The predicted octanol–water partition coefficient (Wildman–Crippen LogP) is 4.32. The van der Waals surface area contributed by atoms with Crippen LogP contribution in [0.3, 0.4) is 0 Å². The number of carbonyl (C=O) groups is 3. The Hall–Kier alpha value is -2.65. The van der Waals surface area contributed by atoms with Crippen molar-refractivity contribution in [3.05, 3.63) is 62.7 Å². The maximum absolute atomic E-state index is 13.0. The van der Waals surface area contributed by atoms with Crippen LogP contribution in [0.2, 0.25) is 0 Å². The zero-order chi connectivity index (χ0) is 21.8. The fourth-order valence-electron chi connectivity index (χ4n) is 2.86. The highest BCUT2D eigenvalue weighted by Gasteiger charge is 2.21. The van der Waals surface area contributed by atoms with E-state index in [4.69, 9.17) is 0 Å². The van der Waals surface area contributed by atoms with E-state index in [1.165, 1.54) is 4.68 Å². The lowest BCUT2D eigenvalue weighted by molar-refractivity contribution is -0.136.